The number of fused-ring (bicyclic) bond motifs is 1. The fourth-order valence-corrected chi connectivity index (χ4v) is 2.75. The lowest BCUT2D eigenvalue weighted by Gasteiger charge is -2.10. The summed E-state index contributed by atoms with van der Waals surface area (Å²) in [5.41, 5.74) is 2.80. The molecule has 0 spiro atoms. The van der Waals surface area contributed by atoms with Gasteiger partial charge >= 0.3 is 11.6 Å². The summed E-state index contributed by atoms with van der Waals surface area (Å²) in [6, 6.07) is 14.5. The molecular weight excluding hydrogens is 344 g/mol. The lowest BCUT2D eigenvalue weighted by Crippen LogP contribution is -2.15. The van der Waals surface area contributed by atoms with Crippen LogP contribution in [0.2, 0.25) is 0 Å². The third-order valence-electron chi connectivity index (χ3n) is 4.28. The number of ether oxygens (including phenoxy) is 2. The predicted molar refractivity (Wildman–Crippen MR) is 103 cm³/mol. The van der Waals surface area contributed by atoms with Gasteiger partial charge in [0.1, 0.15) is 17.9 Å². The number of aryl methyl sites for hydroxylation is 1. The van der Waals surface area contributed by atoms with E-state index in [2.05, 4.69) is 13.8 Å². The molecule has 0 aliphatic heterocycles. The van der Waals surface area contributed by atoms with Gasteiger partial charge in [0.2, 0.25) is 0 Å². The van der Waals surface area contributed by atoms with E-state index in [-0.39, 0.29) is 13.2 Å². The molecule has 0 bridgehead atoms. The van der Waals surface area contributed by atoms with Crippen molar-refractivity contribution in [3.05, 3.63) is 75.6 Å². The van der Waals surface area contributed by atoms with Crippen LogP contribution in [0.15, 0.2) is 57.7 Å². The molecule has 0 atom stereocenters. The molecule has 0 saturated carbocycles. The van der Waals surface area contributed by atoms with Crippen molar-refractivity contribution in [2.45, 2.75) is 33.3 Å². The van der Waals surface area contributed by atoms with Gasteiger partial charge in [-0.3, -0.25) is 0 Å². The van der Waals surface area contributed by atoms with Gasteiger partial charge in [0.25, 0.3) is 0 Å². The van der Waals surface area contributed by atoms with Crippen LogP contribution in [0, 0.1) is 6.92 Å². The molecule has 3 aromatic rings. The zero-order chi connectivity index (χ0) is 19.4. The molecule has 0 aliphatic carbocycles. The Morgan fingerprint density at radius 3 is 2.52 bits per heavy atom. The number of rotatable bonds is 6. The van der Waals surface area contributed by atoms with Crippen molar-refractivity contribution in [2.75, 3.05) is 6.61 Å². The first kappa shape index (κ1) is 18.7. The molecule has 0 unspecified atom stereocenters. The molecule has 1 heterocycles. The van der Waals surface area contributed by atoms with Gasteiger partial charge in [0.15, 0.2) is 6.61 Å². The molecule has 5 heteroatoms. The highest BCUT2D eigenvalue weighted by atomic mass is 16.6. The van der Waals surface area contributed by atoms with Crippen molar-refractivity contribution < 1.29 is 18.7 Å². The summed E-state index contributed by atoms with van der Waals surface area (Å²) in [6.45, 7) is 5.93. The summed E-state index contributed by atoms with van der Waals surface area (Å²) in [5, 5.41) is 0.748. The van der Waals surface area contributed by atoms with E-state index < -0.39 is 11.6 Å². The highest BCUT2D eigenvalue weighted by Crippen LogP contribution is 2.20. The van der Waals surface area contributed by atoms with Crippen LogP contribution in [0.4, 0.5) is 0 Å². The van der Waals surface area contributed by atoms with Crippen LogP contribution in [-0.4, -0.2) is 12.6 Å². The van der Waals surface area contributed by atoms with Gasteiger partial charge in [-0.15, -0.1) is 0 Å². The molecule has 27 heavy (non-hydrogen) atoms. The second-order valence-electron chi connectivity index (χ2n) is 6.76. The molecule has 2 aromatic carbocycles. The highest BCUT2D eigenvalue weighted by molar-refractivity contribution is 5.81. The Kier molecular flexibility index (Phi) is 5.60. The number of hydrogen-bond acceptors (Lipinski definition) is 5. The predicted octanol–water partition coefficient (Wildman–Crippen LogP) is 4.35. The monoisotopic (exact) mass is 366 g/mol. The zero-order valence-electron chi connectivity index (χ0n) is 15.7. The first-order valence-corrected chi connectivity index (χ1v) is 8.84. The fourth-order valence-electron chi connectivity index (χ4n) is 2.75. The molecule has 5 nitrogen and oxygen atoms in total. The summed E-state index contributed by atoms with van der Waals surface area (Å²) < 4.78 is 15.9. The maximum absolute atomic E-state index is 12.0. The van der Waals surface area contributed by atoms with Gasteiger partial charge < -0.3 is 13.9 Å². The molecule has 0 radical (unpaired) electrons. The van der Waals surface area contributed by atoms with E-state index in [4.69, 9.17) is 13.9 Å². The Labute approximate surface area is 157 Å². The van der Waals surface area contributed by atoms with E-state index in [0.29, 0.717) is 22.8 Å². The van der Waals surface area contributed by atoms with Crippen LogP contribution >= 0.6 is 0 Å². The molecule has 0 aliphatic rings. The third kappa shape index (κ3) is 4.76. The summed E-state index contributed by atoms with van der Waals surface area (Å²) in [5.74, 6) is 0.542. The van der Waals surface area contributed by atoms with Crippen molar-refractivity contribution in [1.29, 1.82) is 0 Å². The summed E-state index contributed by atoms with van der Waals surface area (Å²) >= 11 is 0. The number of carbonyl (C=O) groups excluding carboxylic acids is 1. The standard InChI is InChI=1S/C22H22O5/c1-14(2)16-5-7-18(8-6-16)25-13-22(24)26-12-17-11-21(23)27-20-10-15(3)4-9-19(17)20/h4-11,14H,12-13H2,1-3H3. The van der Waals surface area contributed by atoms with E-state index in [0.717, 1.165) is 10.9 Å². The van der Waals surface area contributed by atoms with Gasteiger partial charge in [0.05, 0.1) is 0 Å². The Morgan fingerprint density at radius 1 is 1.07 bits per heavy atom. The number of hydrogen-bond donors (Lipinski definition) is 0. The number of esters is 1. The second kappa shape index (κ2) is 8.08. The topological polar surface area (TPSA) is 65.7 Å². The quantitative estimate of drug-likeness (QED) is 0.479. The summed E-state index contributed by atoms with van der Waals surface area (Å²) in [4.78, 5) is 23.7. The maximum atomic E-state index is 12.0. The Bertz CT molecular complexity index is 999. The van der Waals surface area contributed by atoms with E-state index >= 15 is 0 Å². The zero-order valence-corrected chi connectivity index (χ0v) is 15.7. The molecule has 0 N–H and O–H groups in total. The van der Waals surface area contributed by atoms with Crippen LogP contribution in [0.5, 0.6) is 5.75 Å². The van der Waals surface area contributed by atoms with Gasteiger partial charge in [-0.1, -0.05) is 38.1 Å². The van der Waals surface area contributed by atoms with Crippen LogP contribution in [0.1, 0.15) is 36.5 Å². The minimum absolute atomic E-state index is 0.0142. The largest absolute Gasteiger partial charge is 0.482 e. The SMILES string of the molecule is Cc1ccc2c(COC(=O)COc3ccc(C(C)C)cc3)cc(=O)oc2c1. The van der Waals surface area contributed by atoms with E-state index in [1.54, 1.807) is 6.07 Å². The van der Waals surface area contributed by atoms with Crippen molar-refractivity contribution in [3.8, 4) is 5.75 Å². The smallest absolute Gasteiger partial charge is 0.344 e. The fraction of sp³-hybridized carbons (Fsp3) is 0.273. The van der Waals surface area contributed by atoms with Gasteiger partial charge in [-0.2, -0.15) is 0 Å². The third-order valence-corrected chi connectivity index (χ3v) is 4.28. The molecule has 0 fully saturated rings. The van der Waals surface area contributed by atoms with Gasteiger partial charge in [-0.05, 0) is 42.2 Å². The van der Waals surface area contributed by atoms with Crippen LogP contribution in [0.3, 0.4) is 0 Å². The van der Waals surface area contributed by atoms with E-state index in [1.807, 2.05) is 43.3 Å². The normalized spacial score (nSPS) is 11.0. The molecule has 1 aromatic heterocycles. The molecule has 3 rings (SSSR count). The van der Waals surface area contributed by atoms with Crippen molar-refractivity contribution in [2.24, 2.45) is 0 Å². The lowest BCUT2D eigenvalue weighted by molar-refractivity contribution is -0.147. The van der Waals surface area contributed by atoms with Crippen LogP contribution in [-0.2, 0) is 16.1 Å². The lowest BCUT2D eigenvalue weighted by atomic mass is 10.0. The van der Waals surface area contributed by atoms with Gasteiger partial charge in [-0.25, -0.2) is 9.59 Å². The first-order chi connectivity index (χ1) is 12.9. The Morgan fingerprint density at radius 2 is 1.81 bits per heavy atom. The number of benzene rings is 2. The second-order valence-corrected chi connectivity index (χ2v) is 6.76. The summed E-state index contributed by atoms with van der Waals surface area (Å²) in [6.07, 6.45) is 0. The van der Waals surface area contributed by atoms with E-state index in [9.17, 15) is 9.59 Å². The molecular formula is C22H22O5. The molecule has 0 saturated heterocycles. The van der Waals surface area contributed by atoms with Crippen molar-refractivity contribution in [3.63, 3.8) is 0 Å². The highest BCUT2D eigenvalue weighted by Gasteiger charge is 2.10. The van der Waals surface area contributed by atoms with Gasteiger partial charge in [0, 0.05) is 17.0 Å². The minimum Gasteiger partial charge on any atom is -0.482 e. The average molecular weight is 366 g/mol. The van der Waals surface area contributed by atoms with Crippen molar-refractivity contribution in [1.82, 2.24) is 0 Å². The van der Waals surface area contributed by atoms with Crippen LogP contribution in [0.25, 0.3) is 11.0 Å². The summed E-state index contributed by atoms with van der Waals surface area (Å²) in [7, 11) is 0. The first-order valence-electron chi connectivity index (χ1n) is 8.84. The Hall–Kier alpha value is -3.08. The van der Waals surface area contributed by atoms with Crippen molar-refractivity contribution >= 4 is 16.9 Å². The number of carbonyl (C=O) groups is 1. The van der Waals surface area contributed by atoms with E-state index in [1.165, 1.54) is 11.6 Å². The molecule has 140 valence electrons. The molecule has 0 amide bonds. The average Bonchev–Trinajstić information content (AvgIpc) is 2.64. The Balaban J connectivity index is 1.61. The van der Waals surface area contributed by atoms with Crippen LogP contribution < -0.4 is 10.4 Å². The maximum Gasteiger partial charge on any atom is 0.344 e. The minimum atomic E-state index is -0.503.